The molecule has 0 radical (unpaired) electrons. The maximum absolute atomic E-state index is 4.44. The largest absolute Gasteiger partial charge is 0.270 e. The van der Waals surface area contributed by atoms with Gasteiger partial charge in [-0.1, -0.05) is 72.4 Å². The van der Waals surface area contributed by atoms with E-state index >= 15 is 0 Å². The number of rotatable bonds is 6. The summed E-state index contributed by atoms with van der Waals surface area (Å²) in [5.74, 6) is 1.63. The zero-order valence-electron chi connectivity index (χ0n) is 14.6. The van der Waals surface area contributed by atoms with Gasteiger partial charge in [0, 0.05) is 29.4 Å². The molecule has 0 bridgehead atoms. The highest BCUT2D eigenvalue weighted by atomic mass is 32.2. The number of hydrogen-bond donors (Lipinski definition) is 0. The molecule has 2 aromatic carbocycles. The Morgan fingerprint density at radius 2 is 1.52 bits per heavy atom. The Labute approximate surface area is 162 Å². The highest BCUT2D eigenvalue weighted by Gasteiger charge is 2.15. The van der Waals surface area contributed by atoms with Gasteiger partial charge in [-0.25, -0.2) is 0 Å². The van der Waals surface area contributed by atoms with E-state index in [1.54, 1.807) is 24.2 Å². The van der Waals surface area contributed by atoms with Gasteiger partial charge in [0.05, 0.1) is 0 Å². The van der Waals surface area contributed by atoms with Crippen molar-refractivity contribution in [3.8, 4) is 17.1 Å². The van der Waals surface area contributed by atoms with Crippen LogP contribution in [0.25, 0.3) is 23.2 Å². The third-order valence-corrected chi connectivity index (χ3v) is 4.89. The molecular formula is C22H18N4S. The first-order chi connectivity index (χ1) is 13.4. The number of hydrogen-bond acceptors (Lipinski definition) is 4. The van der Waals surface area contributed by atoms with Gasteiger partial charge in [0.1, 0.15) is 0 Å². The van der Waals surface area contributed by atoms with Crippen molar-refractivity contribution >= 4 is 17.8 Å². The van der Waals surface area contributed by atoms with E-state index in [1.807, 2.05) is 48.5 Å². The Morgan fingerprint density at radius 1 is 0.815 bits per heavy atom. The van der Waals surface area contributed by atoms with Gasteiger partial charge in [-0.15, -0.1) is 10.2 Å². The fourth-order valence-electron chi connectivity index (χ4n) is 2.73. The fourth-order valence-corrected chi connectivity index (χ4v) is 3.49. The summed E-state index contributed by atoms with van der Waals surface area (Å²) in [5.41, 5.74) is 3.23. The van der Waals surface area contributed by atoms with Crippen molar-refractivity contribution in [2.75, 3.05) is 5.75 Å². The number of benzene rings is 2. The molecule has 5 heteroatoms. The molecule has 2 heterocycles. The van der Waals surface area contributed by atoms with Crippen molar-refractivity contribution < 1.29 is 0 Å². The van der Waals surface area contributed by atoms with E-state index in [0.29, 0.717) is 0 Å². The Balaban J connectivity index is 1.61. The van der Waals surface area contributed by atoms with Crippen LogP contribution < -0.4 is 0 Å². The summed E-state index contributed by atoms with van der Waals surface area (Å²) in [6, 6.07) is 24.4. The summed E-state index contributed by atoms with van der Waals surface area (Å²) < 4.78 is 2.09. The van der Waals surface area contributed by atoms with Gasteiger partial charge in [-0.05, 0) is 29.8 Å². The van der Waals surface area contributed by atoms with Crippen molar-refractivity contribution in [2.24, 2.45) is 0 Å². The Kier molecular flexibility index (Phi) is 5.41. The van der Waals surface area contributed by atoms with Crippen LogP contribution >= 0.6 is 11.8 Å². The first-order valence-electron chi connectivity index (χ1n) is 8.67. The molecule has 0 aliphatic rings. The second-order valence-corrected chi connectivity index (χ2v) is 6.82. The van der Waals surface area contributed by atoms with Gasteiger partial charge in [0.25, 0.3) is 0 Å². The predicted molar refractivity (Wildman–Crippen MR) is 111 cm³/mol. The van der Waals surface area contributed by atoms with Crippen molar-refractivity contribution in [3.05, 3.63) is 96.8 Å². The number of thioether (sulfide) groups is 1. The van der Waals surface area contributed by atoms with Crippen molar-refractivity contribution in [2.45, 2.75) is 5.16 Å². The summed E-state index contributed by atoms with van der Waals surface area (Å²) in [6.07, 6.45) is 7.82. The van der Waals surface area contributed by atoms with Gasteiger partial charge in [-0.3, -0.25) is 9.55 Å². The summed E-state index contributed by atoms with van der Waals surface area (Å²) in [5, 5.41) is 9.74. The average Bonchev–Trinajstić information content (AvgIpc) is 3.17. The second-order valence-electron chi connectivity index (χ2n) is 5.84. The highest BCUT2D eigenvalue weighted by molar-refractivity contribution is 7.99. The molecule has 0 N–H and O–H groups in total. The highest BCUT2D eigenvalue weighted by Crippen LogP contribution is 2.27. The zero-order valence-corrected chi connectivity index (χ0v) is 15.5. The topological polar surface area (TPSA) is 43.6 Å². The molecular weight excluding hydrogens is 352 g/mol. The predicted octanol–water partition coefficient (Wildman–Crippen LogP) is 5.13. The molecule has 132 valence electrons. The van der Waals surface area contributed by atoms with E-state index in [0.717, 1.165) is 28.0 Å². The molecule has 0 aliphatic heterocycles. The van der Waals surface area contributed by atoms with Crippen molar-refractivity contribution in [1.82, 2.24) is 19.7 Å². The second kappa shape index (κ2) is 8.47. The molecule has 0 saturated carbocycles. The van der Waals surface area contributed by atoms with Crippen LogP contribution in [0.2, 0.25) is 0 Å². The van der Waals surface area contributed by atoms with E-state index in [9.17, 15) is 0 Å². The van der Waals surface area contributed by atoms with Crippen LogP contribution in [0.4, 0.5) is 0 Å². The van der Waals surface area contributed by atoms with E-state index in [-0.39, 0.29) is 0 Å². The molecule has 0 atom stereocenters. The molecule has 0 unspecified atom stereocenters. The quantitative estimate of drug-likeness (QED) is 0.441. The summed E-state index contributed by atoms with van der Waals surface area (Å²) >= 11 is 1.66. The Morgan fingerprint density at radius 3 is 2.26 bits per heavy atom. The number of nitrogens with zero attached hydrogens (tertiary/aromatic N) is 4. The zero-order chi connectivity index (χ0) is 18.3. The normalized spacial score (nSPS) is 11.1. The molecule has 0 fully saturated rings. The van der Waals surface area contributed by atoms with Crippen LogP contribution in [-0.4, -0.2) is 25.5 Å². The summed E-state index contributed by atoms with van der Waals surface area (Å²) in [4.78, 5) is 4.10. The first kappa shape index (κ1) is 17.2. The van der Waals surface area contributed by atoms with Crippen molar-refractivity contribution in [3.63, 3.8) is 0 Å². The molecule has 4 rings (SSSR count). The molecule has 27 heavy (non-hydrogen) atoms. The molecule has 0 aliphatic carbocycles. The lowest BCUT2D eigenvalue weighted by molar-refractivity contribution is 0.887. The van der Waals surface area contributed by atoms with Crippen LogP contribution in [0.1, 0.15) is 5.56 Å². The molecule has 2 aromatic heterocycles. The minimum absolute atomic E-state index is 0.816. The lowest BCUT2D eigenvalue weighted by atomic mass is 10.2. The molecule has 0 spiro atoms. The number of para-hydroxylation sites is 1. The Hall–Kier alpha value is -3.18. The molecule has 4 aromatic rings. The van der Waals surface area contributed by atoms with E-state index in [4.69, 9.17) is 0 Å². The monoisotopic (exact) mass is 370 g/mol. The minimum atomic E-state index is 0.816. The lowest BCUT2D eigenvalue weighted by Crippen LogP contribution is -1.99. The van der Waals surface area contributed by atoms with Crippen LogP contribution in [0, 0.1) is 0 Å². The van der Waals surface area contributed by atoms with Crippen LogP contribution in [0.15, 0.2) is 96.4 Å². The fraction of sp³-hybridized carbons (Fsp3) is 0.0455. The maximum atomic E-state index is 4.44. The van der Waals surface area contributed by atoms with Gasteiger partial charge >= 0.3 is 0 Å². The van der Waals surface area contributed by atoms with Gasteiger partial charge in [-0.2, -0.15) is 0 Å². The average molecular weight is 370 g/mol. The van der Waals surface area contributed by atoms with E-state index in [1.165, 1.54) is 5.56 Å². The number of pyridine rings is 1. The van der Waals surface area contributed by atoms with Gasteiger partial charge in [0.15, 0.2) is 11.0 Å². The third kappa shape index (κ3) is 4.15. The third-order valence-electron chi connectivity index (χ3n) is 4.00. The maximum Gasteiger partial charge on any atom is 0.196 e. The van der Waals surface area contributed by atoms with Crippen LogP contribution in [-0.2, 0) is 0 Å². The van der Waals surface area contributed by atoms with Crippen molar-refractivity contribution in [1.29, 1.82) is 0 Å². The van der Waals surface area contributed by atoms with Crippen LogP contribution in [0.3, 0.4) is 0 Å². The minimum Gasteiger partial charge on any atom is -0.270 e. The lowest BCUT2D eigenvalue weighted by Gasteiger charge is -2.09. The summed E-state index contributed by atoms with van der Waals surface area (Å²) in [7, 11) is 0. The summed E-state index contributed by atoms with van der Waals surface area (Å²) in [6.45, 7) is 0. The van der Waals surface area contributed by atoms with Crippen LogP contribution in [0.5, 0.6) is 0 Å². The smallest absolute Gasteiger partial charge is 0.196 e. The van der Waals surface area contributed by atoms with Gasteiger partial charge < -0.3 is 0 Å². The van der Waals surface area contributed by atoms with E-state index in [2.05, 4.69) is 56.2 Å². The first-order valence-corrected chi connectivity index (χ1v) is 9.66. The molecule has 4 nitrogen and oxygen atoms in total. The van der Waals surface area contributed by atoms with Gasteiger partial charge in [0.2, 0.25) is 0 Å². The standard InChI is InChI=1S/C22H18N4S/c1-3-8-18(9-4-1)10-7-17-27-22-25-24-21(19-13-15-23-16-14-19)26(22)20-11-5-2-6-12-20/h1-16H,17H2/b10-7+. The SMILES string of the molecule is C(=C\c1ccccc1)/CSc1nnc(-c2ccncc2)n1-c1ccccc1. The molecule has 0 saturated heterocycles. The number of aromatic nitrogens is 4. The molecule has 0 amide bonds. The van der Waals surface area contributed by atoms with E-state index < -0.39 is 0 Å². The Bertz CT molecular complexity index is 1010.